The minimum Gasteiger partial charge on any atom is -0.280 e. The summed E-state index contributed by atoms with van der Waals surface area (Å²) >= 11 is 0. The van der Waals surface area contributed by atoms with E-state index in [-0.39, 0.29) is 0 Å². The average molecular weight is 309 g/mol. The maximum Gasteiger partial charge on any atom is 0.0609 e. The van der Waals surface area contributed by atoms with Gasteiger partial charge in [-0.25, -0.2) is 0 Å². The van der Waals surface area contributed by atoms with Crippen molar-refractivity contribution in [2.24, 2.45) is 0 Å². The molecular weight excluding hydrogens is 276 g/mol. The van der Waals surface area contributed by atoms with Gasteiger partial charge < -0.3 is 0 Å². The molecule has 0 spiro atoms. The highest BCUT2D eigenvalue weighted by Crippen LogP contribution is 2.14. The van der Waals surface area contributed by atoms with Gasteiger partial charge in [0, 0.05) is 0 Å². The predicted octanol–water partition coefficient (Wildman–Crippen LogP) is 2.96. The third-order valence-electron chi connectivity index (χ3n) is 3.00. The molecule has 0 aromatic rings. The lowest BCUT2D eigenvalue weighted by atomic mass is 10.4. The molecule has 0 saturated carbocycles. The van der Waals surface area contributed by atoms with E-state index in [9.17, 15) is 0 Å². The van der Waals surface area contributed by atoms with Crippen LogP contribution in [-0.4, -0.2) is 57.5 Å². The molecule has 20 heavy (non-hydrogen) atoms. The molecule has 0 rings (SSSR count). The summed E-state index contributed by atoms with van der Waals surface area (Å²) < 4.78 is 0. The van der Waals surface area contributed by atoms with Crippen molar-refractivity contribution in [3.63, 3.8) is 0 Å². The predicted molar refractivity (Wildman–Crippen MR) is 97.0 cm³/mol. The summed E-state index contributed by atoms with van der Waals surface area (Å²) in [6.07, 6.45) is 13.7. The van der Waals surface area contributed by atoms with E-state index in [0.717, 1.165) is 12.3 Å². The highest BCUT2D eigenvalue weighted by Gasteiger charge is 2.28. The number of terminal acetylenes is 2. The first-order valence-electron chi connectivity index (χ1n) is 7.35. The van der Waals surface area contributed by atoms with Gasteiger partial charge in [-0.2, -0.15) is 0 Å². The molecule has 0 aliphatic rings. The molecule has 0 aromatic carbocycles. The van der Waals surface area contributed by atoms with Crippen LogP contribution >= 0.6 is 0 Å². The molecule has 2 nitrogen and oxygen atoms in total. The summed E-state index contributed by atoms with van der Waals surface area (Å²) in [5, 5.41) is 0. The van der Waals surface area contributed by atoms with E-state index in [1.165, 1.54) is 0 Å². The summed E-state index contributed by atoms with van der Waals surface area (Å²) in [7, 11) is -2.37. The van der Waals surface area contributed by atoms with Crippen LogP contribution in [-0.2, 0) is 0 Å². The number of hydrogen-bond donors (Lipinski definition) is 0. The van der Waals surface area contributed by atoms with Crippen molar-refractivity contribution in [2.45, 2.75) is 52.4 Å². The van der Waals surface area contributed by atoms with Gasteiger partial charge >= 0.3 is 0 Å². The Hall–Kier alpha value is -0.526. The third-order valence-corrected chi connectivity index (χ3v) is 5.71. The van der Waals surface area contributed by atoms with E-state index in [2.05, 4.69) is 67.8 Å². The van der Waals surface area contributed by atoms with Crippen LogP contribution in [0.15, 0.2) is 0 Å². The summed E-state index contributed by atoms with van der Waals surface area (Å²) in [6.45, 7) is 18.0. The van der Waals surface area contributed by atoms with E-state index in [1.807, 2.05) is 0 Å². The van der Waals surface area contributed by atoms with Crippen LogP contribution in [0.4, 0.5) is 0 Å². The van der Waals surface area contributed by atoms with Gasteiger partial charge in [-0.1, -0.05) is 51.1 Å². The molecule has 4 heteroatoms. The van der Waals surface area contributed by atoms with Crippen molar-refractivity contribution in [1.29, 1.82) is 0 Å². The van der Waals surface area contributed by atoms with E-state index in [4.69, 9.17) is 12.8 Å². The first-order valence-corrected chi connectivity index (χ1v) is 14.8. The van der Waals surface area contributed by atoms with Gasteiger partial charge in [0.1, 0.15) is 0 Å². The minimum absolute atomic E-state index is 0.320. The maximum atomic E-state index is 5.56. The lowest BCUT2D eigenvalue weighted by Crippen LogP contribution is -2.55. The summed E-state index contributed by atoms with van der Waals surface area (Å²) in [6, 6.07) is 0. The van der Waals surface area contributed by atoms with Gasteiger partial charge in [0.25, 0.3) is 0 Å². The highest BCUT2D eigenvalue weighted by molar-refractivity contribution is 6.76. The zero-order valence-electron chi connectivity index (χ0n) is 14.5. The Morgan fingerprint density at radius 2 is 1.10 bits per heavy atom. The molecule has 0 aliphatic heterocycles. The normalized spacial score (nSPS) is 12.8. The van der Waals surface area contributed by atoms with Gasteiger partial charge in [-0.05, 0) is 19.3 Å². The SMILES string of the molecule is C#CCN(C[Si](C)(C)C)C(C)N(CC#C)C[Si](C)(C)C. The Morgan fingerprint density at radius 3 is 1.30 bits per heavy atom. The number of hydrogen-bond acceptors (Lipinski definition) is 2. The second-order valence-electron chi connectivity index (χ2n) is 7.97. The van der Waals surface area contributed by atoms with E-state index >= 15 is 0 Å². The van der Waals surface area contributed by atoms with E-state index in [0.29, 0.717) is 19.3 Å². The fourth-order valence-electron chi connectivity index (χ4n) is 2.32. The van der Waals surface area contributed by atoms with Crippen LogP contribution < -0.4 is 0 Å². The lowest BCUT2D eigenvalue weighted by molar-refractivity contribution is 0.104. The molecule has 0 unspecified atom stereocenters. The number of nitrogens with zero attached hydrogens (tertiary/aromatic N) is 2. The van der Waals surface area contributed by atoms with Gasteiger partial charge in [-0.3, -0.25) is 9.80 Å². The monoisotopic (exact) mass is 308 g/mol. The zero-order chi connectivity index (χ0) is 16.0. The first kappa shape index (κ1) is 19.5. The molecule has 0 heterocycles. The summed E-state index contributed by atoms with van der Waals surface area (Å²) in [5.41, 5.74) is 0. The van der Waals surface area contributed by atoms with Gasteiger partial charge in [0.15, 0.2) is 0 Å². The van der Waals surface area contributed by atoms with E-state index in [1.54, 1.807) is 0 Å². The first-order chi connectivity index (χ1) is 9.00. The molecule has 0 saturated heterocycles. The molecule has 0 atom stereocenters. The van der Waals surface area contributed by atoms with Crippen LogP contribution in [0.3, 0.4) is 0 Å². The topological polar surface area (TPSA) is 6.48 Å². The Bertz CT molecular complexity index is 330. The smallest absolute Gasteiger partial charge is 0.0609 e. The van der Waals surface area contributed by atoms with Crippen LogP contribution in [0.2, 0.25) is 39.3 Å². The lowest BCUT2D eigenvalue weighted by Gasteiger charge is -2.40. The molecular formula is C16H32N2Si2. The maximum absolute atomic E-state index is 5.56. The standard InChI is InChI=1S/C16H32N2Si2/c1-10-12-17(14-19(4,5)6)16(3)18(13-11-2)15-20(7,8)9/h1-2,16H,12-15H2,3-9H3. The Morgan fingerprint density at radius 1 is 0.800 bits per heavy atom. The second-order valence-corrected chi connectivity index (χ2v) is 18.8. The van der Waals surface area contributed by atoms with Crippen LogP contribution in [0.1, 0.15) is 6.92 Å². The van der Waals surface area contributed by atoms with Gasteiger partial charge in [-0.15, -0.1) is 12.8 Å². The molecule has 0 amide bonds. The van der Waals surface area contributed by atoms with Gasteiger partial charge in [0.05, 0.1) is 35.4 Å². The van der Waals surface area contributed by atoms with Crippen molar-refractivity contribution in [2.75, 3.05) is 25.4 Å². The third kappa shape index (κ3) is 8.61. The van der Waals surface area contributed by atoms with Crippen LogP contribution in [0, 0.1) is 24.7 Å². The van der Waals surface area contributed by atoms with Crippen molar-refractivity contribution in [3.8, 4) is 24.7 Å². The van der Waals surface area contributed by atoms with Gasteiger partial charge in [0.2, 0.25) is 0 Å². The number of rotatable bonds is 8. The Labute approximate surface area is 128 Å². The zero-order valence-corrected chi connectivity index (χ0v) is 16.5. The molecule has 0 radical (unpaired) electrons. The average Bonchev–Trinajstić information content (AvgIpc) is 2.23. The quantitative estimate of drug-likeness (QED) is 0.386. The van der Waals surface area contributed by atoms with Crippen LogP contribution in [0.5, 0.6) is 0 Å². The molecule has 114 valence electrons. The van der Waals surface area contributed by atoms with Crippen molar-refractivity contribution in [3.05, 3.63) is 0 Å². The minimum atomic E-state index is -1.18. The van der Waals surface area contributed by atoms with Crippen LogP contribution in [0.25, 0.3) is 0 Å². The summed E-state index contributed by atoms with van der Waals surface area (Å²) in [4.78, 5) is 4.84. The second kappa shape index (κ2) is 8.05. The molecule has 0 aromatic heterocycles. The largest absolute Gasteiger partial charge is 0.280 e. The van der Waals surface area contributed by atoms with E-state index < -0.39 is 16.1 Å². The fourth-order valence-corrected chi connectivity index (χ4v) is 5.51. The Balaban J connectivity index is 5.02. The van der Waals surface area contributed by atoms with Crippen molar-refractivity contribution < 1.29 is 0 Å². The molecule has 0 aliphatic carbocycles. The summed E-state index contributed by atoms with van der Waals surface area (Å²) in [5.74, 6) is 5.62. The molecule has 0 fully saturated rings. The van der Waals surface area contributed by atoms with Crippen molar-refractivity contribution >= 4 is 16.1 Å². The Kier molecular flexibility index (Phi) is 7.84. The van der Waals surface area contributed by atoms with Crippen molar-refractivity contribution in [1.82, 2.24) is 9.80 Å². The highest BCUT2D eigenvalue weighted by atomic mass is 28.3. The molecule has 0 bridgehead atoms. The molecule has 0 N–H and O–H groups in total. The fraction of sp³-hybridized carbons (Fsp3) is 0.750.